The van der Waals surface area contributed by atoms with Crippen LogP contribution in [0.1, 0.15) is 63.5 Å². The second-order valence-electron chi connectivity index (χ2n) is 8.72. The lowest BCUT2D eigenvalue weighted by atomic mass is 9.53. The van der Waals surface area contributed by atoms with Crippen molar-refractivity contribution in [2.75, 3.05) is 0 Å². The highest BCUT2D eigenvalue weighted by Crippen LogP contribution is 2.62. The molecule has 0 heterocycles. The van der Waals surface area contributed by atoms with Crippen LogP contribution in [-0.2, 0) is 11.2 Å². The van der Waals surface area contributed by atoms with E-state index in [1.165, 1.54) is 18.1 Å². The van der Waals surface area contributed by atoms with E-state index >= 15 is 0 Å². The molecule has 1 unspecified atom stereocenters. The van der Waals surface area contributed by atoms with E-state index < -0.39 is 5.97 Å². The molecule has 4 rings (SSSR count). The summed E-state index contributed by atoms with van der Waals surface area (Å²) in [7, 11) is 0. The zero-order chi connectivity index (χ0) is 17.9. The fourth-order valence-electron chi connectivity index (χ4n) is 6.19. The third-order valence-electron chi connectivity index (χ3n) is 7.36. The molecule has 6 atom stereocenters. The average Bonchev–Trinajstić information content (AvgIpc) is 2.84. The first-order valence-corrected chi connectivity index (χ1v) is 9.53. The minimum absolute atomic E-state index is 0.0442. The van der Waals surface area contributed by atoms with E-state index in [1.807, 2.05) is 6.07 Å². The number of benzene rings is 1. The normalized spacial score (nSPS) is 39.3. The number of phenols is 1. The van der Waals surface area contributed by atoms with Gasteiger partial charge in [-0.15, -0.1) is 0 Å². The summed E-state index contributed by atoms with van der Waals surface area (Å²) in [5, 5.41) is 20.8. The van der Waals surface area contributed by atoms with Crippen molar-refractivity contribution >= 4 is 5.97 Å². The monoisotopic (exact) mass is 344 g/mol. The predicted octanol–water partition coefficient (Wildman–Crippen LogP) is 3.78. The third kappa shape index (κ3) is 2.49. The number of carbonyl (C=O) groups is 1. The number of hydrogen-bond acceptors (Lipinski definition) is 4. The number of aliphatic hydroxyl groups excluding tert-OH is 1. The molecule has 25 heavy (non-hydrogen) atoms. The number of carbonyl (C=O) groups excluding carboxylic acids is 1. The number of aliphatic hydroxyl groups is 1. The lowest BCUT2D eigenvalue weighted by Crippen LogP contribution is -2.46. The zero-order valence-corrected chi connectivity index (χ0v) is 15.3. The Morgan fingerprint density at radius 3 is 2.76 bits per heavy atom. The average molecular weight is 344 g/mol. The van der Waals surface area contributed by atoms with Gasteiger partial charge in [0.2, 0.25) is 0 Å². The van der Waals surface area contributed by atoms with Crippen LogP contribution in [0.2, 0.25) is 0 Å². The molecule has 4 heteroatoms. The lowest BCUT2D eigenvalue weighted by Gasteiger charge is -2.52. The van der Waals surface area contributed by atoms with Gasteiger partial charge in [0.25, 0.3) is 0 Å². The third-order valence-corrected chi connectivity index (χ3v) is 7.36. The number of rotatable bonds is 1. The van der Waals surface area contributed by atoms with Gasteiger partial charge in [-0.2, -0.15) is 0 Å². The van der Waals surface area contributed by atoms with Crippen LogP contribution in [0, 0.1) is 23.2 Å². The molecule has 0 spiro atoms. The summed E-state index contributed by atoms with van der Waals surface area (Å²) in [6.45, 7) is 5.94. The van der Waals surface area contributed by atoms with Crippen molar-refractivity contribution in [2.45, 2.75) is 64.9 Å². The van der Waals surface area contributed by atoms with Gasteiger partial charge in [-0.25, -0.2) is 0 Å². The molecule has 3 aliphatic rings. The van der Waals surface area contributed by atoms with Gasteiger partial charge in [0.15, 0.2) is 11.5 Å². The summed E-state index contributed by atoms with van der Waals surface area (Å²) in [6, 6.07) is 3.68. The van der Waals surface area contributed by atoms with E-state index in [2.05, 4.69) is 13.8 Å². The van der Waals surface area contributed by atoms with Crippen molar-refractivity contribution in [2.24, 2.45) is 23.2 Å². The number of ether oxygens (including phenoxy) is 1. The van der Waals surface area contributed by atoms with Gasteiger partial charge in [0.1, 0.15) is 0 Å². The van der Waals surface area contributed by atoms with E-state index in [0.717, 1.165) is 32.1 Å². The fraction of sp³-hybridized carbons (Fsp3) is 0.667. The van der Waals surface area contributed by atoms with Gasteiger partial charge in [0, 0.05) is 6.92 Å². The molecule has 1 aromatic rings. The second kappa shape index (κ2) is 5.73. The molecule has 2 saturated carbocycles. The number of aromatic hydroxyl groups is 1. The number of fused-ring (bicyclic) bond motifs is 5. The van der Waals surface area contributed by atoms with Crippen LogP contribution in [0.5, 0.6) is 11.5 Å². The maximum atomic E-state index is 11.3. The molecule has 1 aromatic carbocycles. The van der Waals surface area contributed by atoms with Crippen molar-refractivity contribution < 1.29 is 19.7 Å². The van der Waals surface area contributed by atoms with Crippen LogP contribution < -0.4 is 4.74 Å². The number of phenolic OH excluding ortho intramolecular Hbond substituents is 1. The Morgan fingerprint density at radius 1 is 1.28 bits per heavy atom. The first kappa shape index (κ1) is 16.9. The summed E-state index contributed by atoms with van der Waals surface area (Å²) in [5.41, 5.74) is 2.47. The van der Waals surface area contributed by atoms with Gasteiger partial charge in [0.05, 0.1) is 6.10 Å². The molecular formula is C21H28O4. The molecule has 3 aliphatic carbocycles. The van der Waals surface area contributed by atoms with Crippen molar-refractivity contribution in [1.82, 2.24) is 0 Å². The quantitative estimate of drug-likeness (QED) is 0.601. The standard InChI is InChI=1S/C21H28O4/c1-11-8-13-9-17(23)18(25-12(2)22)10-15(13)14-6-7-21(3)16(20(11)14)4-5-19(21)24/h9-11,14,16,19-20,23-24H,4-8H2,1-3H3/t11?,14-,16+,19-,20-,21+/m1/s1. The van der Waals surface area contributed by atoms with Crippen LogP contribution in [-0.4, -0.2) is 22.3 Å². The molecule has 0 aliphatic heterocycles. The second-order valence-corrected chi connectivity index (χ2v) is 8.72. The highest BCUT2D eigenvalue weighted by Gasteiger charge is 2.56. The fourth-order valence-corrected chi connectivity index (χ4v) is 6.19. The molecule has 2 fully saturated rings. The molecule has 2 N–H and O–H groups in total. The maximum absolute atomic E-state index is 11.3. The van der Waals surface area contributed by atoms with Gasteiger partial charge < -0.3 is 14.9 Å². The first-order valence-electron chi connectivity index (χ1n) is 9.53. The summed E-state index contributed by atoms with van der Waals surface area (Å²) in [6.07, 6.45) is 4.87. The SMILES string of the molecule is CC(=O)Oc1cc2c(cc1O)CC(C)[C@@H]1[C@@H]2CC[C@]2(C)[C@H](O)CC[C@@H]12. The summed E-state index contributed by atoms with van der Waals surface area (Å²) >= 11 is 0. The van der Waals surface area contributed by atoms with E-state index in [-0.39, 0.29) is 23.0 Å². The molecule has 136 valence electrons. The van der Waals surface area contributed by atoms with Crippen molar-refractivity contribution in [3.05, 3.63) is 23.3 Å². The zero-order valence-electron chi connectivity index (χ0n) is 15.3. The Kier molecular flexibility index (Phi) is 3.87. The minimum Gasteiger partial charge on any atom is -0.504 e. The van der Waals surface area contributed by atoms with Gasteiger partial charge in [-0.05, 0) is 84.5 Å². The molecule has 0 amide bonds. The van der Waals surface area contributed by atoms with Crippen LogP contribution in [0.3, 0.4) is 0 Å². The Balaban J connectivity index is 1.75. The summed E-state index contributed by atoms with van der Waals surface area (Å²) in [5.74, 6) is 1.99. The lowest BCUT2D eigenvalue weighted by molar-refractivity contribution is -0.132. The van der Waals surface area contributed by atoms with Crippen molar-refractivity contribution in [3.8, 4) is 11.5 Å². The topological polar surface area (TPSA) is 66.8 Å². The molecule has 0 saturated heterocycles. The molecule has 0 aromatic heterocycles. The Bertz CT molecular complexity index is 712. The Labute approximate surface area is 149 Å². The van der Waals surface area contributed by atoms with Gasteiger partial charge >= 0.3 is 5.97 Å². The highest BCUT2D eigenvalue weighted by atomic mass is 16.5. The highest BCUT2D eigenvalue weighted by molar-refractivity contribution is 5.70. The maximum Gasteiger partial charge on any atom is 0.308 e. The van der Waals surface area contributed by atoms with Crippen LogP contribution in [0.25, 0.3) is 0 Å². The smallest absolute Gasteiger partial charge is 0.308 e. The Hall–Kier alpha value is -1.55. The van der Waals surface area contributed by atoms with Crippen LogP contribution >= 0.6 is 0 Å². The molecule has 0 bridgehead atoms. The number of hydrogen-bond donors (Lipinski definition) is 2. The van der Waals surface area contributed by atoms with Crippen molar-refractivity contribution in [1.29, 1.82) is 0 Å². The number of esters is 1. The molecule has 0 radical (unpaired) electrons. The first-order chi connectivity index (χ1) is 11.8. The van der Waals surface area contributed by atoms with Crippen molar-refractivity contribution in [3.63, 3.8) is 0 Å². The minimum atomic E-state index is -0.411. The predicted molar refractivity (Wildman–Crippen MR) is 94.6 cm³/mol. The molecular weight excluding hydrogens is 316 g/mol. The van der Waals surface area contributed by atoms with E-state index in [1.54, 1.807) is 6.07 Å². The summed E-state index contributed by atoms with van der Waals surface area (Å²) in [4.78, 5) is 11.3. The van der Waals surface area contributed by atoms with E-state index in [9.17, 15) is 15.0 Å². The summed E-state index contributed by atoms with van der Waals surface area (Å²) < 4.78 is 5.21. The Morgan fingerprint density at radius 2 is 2.04 bits per heavy atom. The van der Waals surface area contributed by atoms with Gasteiger partial charge in [-0.3, -0.25) is 4.79 Å². The molecule has 4 nitrogen and oxygen atoms in total. The largest absolute Gasteiger partial charge is 0.504 e. The van der Waals surface area contributed by atoms with E-state index in [0.29, 0.717) is 23.7 Å². The van der Waals surface area contributed by atoms with Gasteiger partial charge in [-0.1, -0.05) is 13.8 Å². The van der Waals surface area contributed by atoms with Crippen LogP contribution in [0.4, 0.5) is 0 Å². The van der Waals surface area contributed by atoms with Crippen LogP contribution in [0.15, 0.2) is 12.1 Å². The van der Waals surface area contributed by atoms with E-state index in [4.69, 9.17) is 4.74 Å².